The Bertz CT molecular complexity index is 974. The van der Waals surface area contributed by atoms with Gasteiger partial charge in [0.15, 0.2) is 17.2 Å². The second-order valence-electron chi connectivity index (χ2n) is 5.92. The molecule has 9 heteroatoms. The summed E-state index contributed by atoms with van der Waals surface area (Å²) in [5.41, 5.74) is 1.15. The number of aliphatic hydroxyl groups excluding tert-OH is 1. The summed E-state index contributed by atoms with van der Waals surface area (Å²) in [5.74, 6) is 0.331. The topological polar surface area (TPSA) is 98.5 Å². The molecule has 0 spiro atoms. The lowest BCUT2D eigenvalue weighted by molar-refractivity contribution is 0.102. The lowest BCUT2D eigenvalue weighted by Crippen LogP contribution is -2.12. The minimum atomic E-state index is -0.866. The SMILES string of the molecule is O=C(Nc1ccc(F)cc1)c1cn(C[C@H](O)c2ccc3c(c2)OCO3)nn1. The number of ether oxygens (including phenoxy) is 2. The Kier molecular flexibility index (Phi) is 4.43. The van der Waals surface area contributed by atoms with Crippen LogP contribution in [0.1, 0.15) is 22.2 Å². The fourth-order valence-electron chi connectivity index (χ4n) is 2.62. The molecular formula is C18H15FN4O4. The summed E-state index contributed by atoms with van der Waals surface area (Å²) in [6.07, 6.45) is 0.559. The average Bonchev–Trinajstić information content (AvgIpc) is 3.32. The number of hydrogen-bond acceptors (Lipinski definition) is 6. The van der Waals surface area contributed by atoms with Crippen molar-refractivity contribution in [3.05, 3.63) is 65.7 Å². The number of carbonyl (C=O) groups is 1. The van der Waals surface area contributed by atoms with Gasteiger partial charge in [-0.15, -0.1) is 5.10 Å². The Balaban J connectivity index is 1.41. The number of nitrogens with zero attached hydrogens (tertiary/aromatic N) is 3. The van der Waals surface area contributed by atoms with E-state index in [-0.39, 0.29) is 19.0 Å². The van der Waals surface area contributed by atoms with E-state index in [1.54, 1.807) is 18.2 Å². The minimum absolute atomic E-state index is 0.0808. The van der Waals surface area contributed by atoms with Gasteiger partial charge >= 0.3 is 0 Å². The number of benzene rings is 2. The van der Waals surface area contributed by atoms with Gasteiger partial charge in [0, 0.05) is 5.69 Å². The van der Waals surface area contributed by atoms with Crippen LogP contribution in [0.3, 0.4) is 0 Å². The molecule has 1 aliphatic heterocycles. The number of carbonyl (C=O) groups excluding carboxylic acids is 1. The highest BCUT2D eigenvalue weighted by molar-refractivity contribution is 6.02. The largest absolute Gasteiger partial charge is 0.454 e. The smallest absolute Gasteiger partial charge is 0.277 e. The third kappa shape index (κ3) is 3.72. The molecule has 2 aromatic carbocycles. The molecule has 4 rings (SSSR count). The monoisotopic (exact) mass is 370 g/mol. The molecule has 0 radical (unpaired) electrons. The third-order valence-corrected chi connectivity index (χ3v) is 4.01. The highest BCUT2D eigenvalue weighted by Crippen LogP contribution is 2.34. The molecule has 27 heavy (non-hydrogen) atoms. The van der Waals surface area contributed by atoms with Crippen LogP contribution in [0.4, 0.5) is 10.1 Å². The number of nitrogens with one attached hydrogen (secondary N) is 1. The predicted octanol–water partition coefficient (Wildman–Crippen LogP) is 2.13. The molecule has 0 aliphatic carbocycles. The number of halogens is 1. The van der Waals surface area contributed by atoms with Crippen LogP contribution in [-0.2, 0) is 6.54 Å². The summed E-state index contributed by atoms with van der Waals surface area (Å²) in [7, 11) is 0. The number of hydrogen-bond donors (Lipinski definition) is 2. The van der Waals surface area contributed by atoms with Gasteiger partial charge in [0.05, 0.1) is 18.8 Å². The summed E-state index contributed by atoms with van der Waals surface area (Å²) in [4.78, 5) is 12.2. The zero-order valence-electron chi connectivity index (χ0n) is 14.0. The van der Waals surface area contributed by atoms with Gasteiger partial charge in [-0.05, 0) is 42.0 Å². The first-order chi connectivity index (χ1) is 13.1. The first-order valence-corrected chi connectivity index (χ1v) is 8.13. The molecule has 8 nitrogen and oxygen atoms in total. The van der Waals surface area contributed by atoms with E-state index < -0.39 is 17.8 Å². The van der Waals surface area contributed by atoms with Crippen molar-refractivity contribution in [3.8, 4) is 11.5 Å². The van der Waals surface area contributed by atoms with Crippen molar-refractivity contribution in [3.63, 3.8) is 0 Å². The number of aliphatic hydroxyl groups is 1. The van der Waals surface area contributed by atoms with E-state index >= 15 is 0 Å². The fourth-order valence-corrected chi connectivity index (χ4v) is 2.62. The van der Waals surface area contributed by atoms with Crippen molar-refractivity contribution in [2.75, 3.05) is 12.1 Å². The third-order valence-electron chi connectivity index (χ3n) is 4.01. The van der Waals surface area contributed by atoms with E-state index in [1.165, 1.54) is 35.1 Å². The van der Waals surface area contributed by atoms with Gasteiger partial charge in [0.2, 0.25) is 6.79 Å². The number of rotatable bonds is 5. The van der Waals surface area contributed by atoms with Gasteiger partial charge in [-0.3, -0.25) is 4.79 Å². The maximum absolute atomic E-state index is 12.9. The molecule has 0 bridgehead atoms. The Morgan fingerprint density at radius 1 is 1.22 bits per heavy atom. The van der Waals surface area contributed by atoms with Gasteiger partial charge in [0.1, 0.15) is 5.82 Å². The van der Waals surface area contributed by atoms with E-state index in [0.717, 1.165) is 0 Å². The maximum Gasteiger partial charge on any atom is 0.277 e. The molecule has 1 atom stereocenters. The van der Waals surface area contributed by atoms with Crippen LogP contribution in [-0.4, -0.2) is 32.8 Å². The Hall–Kier alpha value is -3.46. The number of fused-ring (bicyclic) bond motifs is 1. The average molecular weight is 370 g/mol. The van der Waals surface area contributed by atoms with Crippen molar-refractivity contribution >= 4 is 11.6 Å². The first kappa shape index (κ1) is 17.0. The standard InChI is InChI=1S/C18H15FN4O4/c19-12-2-4-13(5-3-12)20-18(25)14-8-23(22-21-14)9-15(24)11-1-6-16-17(7-11)27-10-26-16/h1-8,15,24H,9-10H2,(H,20,25)/t15-/m0/s1. The van der Waals surface area contributed by atoms with Gasteiger partial charge in [-0.1, -0.05) is 11.3 Å². The molecule has 1 aromatic heterocycles. The fraction of sp³-hybridized carbons (Fsp3) is 0.167. The van der Waals surface area contributed by atoms with Crippen LogP contribution in [0.15, 0.2) is 48.7 Å². The predicted molar refractivity (Wildman–Crippen MR) is 91.9 cm³/mol. The molecule has 138 valence electrons. The molecule has 1 aliphatic rings. The Morgan fingerprint density at radius 3 is 2.81 bits per heavy atom. The summed E-state index contributed by atoms with van der Waals surface area (Å²) in [5, 5.41) is 20.7. The highest BCUT2D eigenvalue weighted by Gasteiger charge is 2.18. The number of amides is 1. The van der Waals surface area contributed by atoms with Crippen LogP contribution < -0.4 is 14.8 Å². The number of anilines is 1. The zero-order chi connectivity index (χ0) is 18.8. The summed E-state index contributed by atoms with van der Waals surface area (Å²) >= 11 is 0. The molecule has 0 unspecified atom stereocenters. The molecule has 3 aromatic rings. The van der Waals surface area contributed by atoms with Crippen molar-refractivity contribution in [1.82, 2.24) is 15.0 Å². The van der Waals surface area contributed by atoms with E-state index in [9.17, 15) is 14.3 Å². The second kappa shape index (κ2) is 7.04. The van der Waals surface area contributed by atoms with Crippen molar-refractivity contribution in [1.29, 1.82) is 0 Å². The van der Waals surface area contributed by atoms with E-state index in [0.29, 0.717) is 22.7 Å². The summed E-state index contributed by atoms with van der Waals surface area (Å²) in [6.45, 7) is 0.265. The van der Waals surface area contributed by atoms with Crippen LogP contribution >= 0.6 is 0 Å². The first-order valence-electron chi connectivity index (χ1n) is 8.13. The molecule has 0 saturated heterocycles. The normalized spacial score (nSPS) is 13.4. The molecule has 2 N–H and O–H groups in total. The molecular weight excluding hydrogens is 355 g/mol. The van der Waals surface area contributed by atoms with Crippen LogP contribution in [0.2, 0.25) is 0 Å². The Morgan fingerprint density at radius 2 is 2.00 bits per heavy atom. The van der Waals surface area contributed by atoms with Gasteiger partial charge in [-0.25, -0.2) is 9.07 Å². The quantitative estimate of drug-likeness (QED) is 0.714. The van der Waals surface area contributed by atoms with Gasteiger partial charge < -0.3 is 19.9 Å². The van der Waals surface area contributed by atoms with Crippen molar-refractivity contribution in [2.24, 2.45) is 0 Å². The lowest BCUT2D eigenvalue weighted by Gasteiger charge is -2.11. The second-order valence-corrected chi connectivity index (χ2v) is 5.92. The highest BCUT2D eigenvalue weighted by atomic mass is 19.1. The molecule has 2 heterocycles. The summed E-state index contributed by atoms with van der Waals surface area (Å²) in [6, 6.07) is 10.5. The van der Waals surface area contributed by atoms with Crippen molar-refractivity contribution < 1.29 is 23.8 Å². The number of aromatic nitrogens is 3. The van der Waals surface area contributed by atoms with Crippen LogP contribution in [0.5, 0.6) is 11.5 Å². The van der Waals surface area contributed by atoms with Crippen LogP contribution in [0.25, 0.3) is 0 Å². The van der Waals surface area contributed by atoms with Crippen LogP contribution in [0, 0.1) is 5.82 Å². The van der Waals surface area contributed by atoms with E-state index in [2.05, 4.69) is 15.6 Å². The van der Waals surface area contributed by atoms with Gasteiger partial charge in [0.25, 0.3) is 5.91 Å². The molecule has 0 saturated carbocycles. The molecule has 0 fully saturated rings. The maximum atomic E-state index is 12.9. The summed E-state index contributed by atoms with van der Waals surface area (Å²) < 4.78 is 24.8. The van der Waals surface area contributed by atoms with Gasteiger partial charge in [-0.2, -0.15) is 0 Å². The van der Waals surface area contributed by atoms with E-state index in [1.807, 2.05) is 0 Å². The minimum Gasteiger partial charge on any atom is -0.454 e. The zero-order valence-corrected chi connectivity index (χ0v) is 14.0. The lowest BCUT2D eigenvalue weighted by atomic mass is 10.1. The van der Waals surface area contributed by atoms with E-state index in [4.69, 9.17) is 9.47 Å². The van der Waals surface area contributed by atoms with Crippen molar-refractivity contribution in [2.45, 2.75) is 12.6 Å². The molecule has 1 amide bonds. The Labute approximate surface area is 153 Å².